The smallest absolute Gasteiger partial charge is 0.303 e. The molecule has 5 heteroatoms. The van der Waals surface area contributed by atoms with Gasteiger partial charge < -0.3 is 4.74 Å². The van der Waals surface area contributed by atoms with Crippen molar-refractivity contribution in [2.75, 3.05) is 23.0 Å². The van der Waals surface area contributed by atoms with Crippen LogP contribution in [0, 0.1) is 5.92 Å². The Morgan fingerprint density at radius 3 is 1.56 bits per heavy atom. The number of hydrogen-bond acceptors (Lipinski definition) is 5. The van der Waals surface area contributed by atoms with Gasteiger partial charge in [-0.1, -0.05) is 32.1 Å². The number of rotatable bonds is 3. The number of thioether (sulfide) groups is 2. The van der Waals surface area contributed by atoms with Crippen LogP contribution in [0.15, 0.2) is 0 Å². The lowest BCUT2D eigenvalue weighted by Gasteiger charge is -2.25. The summed E-state index contributed by atoms with van der Waals surface area (Å²) in [5.74, 6) is 5.57. The van der Waals surface area contributed by atoms with E-state index < -0.39 is 6.10 Å². The van der Waals surface area contributed by atoms with E-state index in [-0.39, 0.29) is 11.9 Å². The summed E-state index contributed by atoms with van der Waals surface area (Å²) < 4.78 is 4.93. The Morgan fingerprint density at radius 2 is 1.28 bits per heavy atom. The van der Waals surface area contributed by atoms with E-state index in [9.17, 15) is 9.59 Å². The SMILES string of the molecule is C1CCSCC1.C1CCSCC1.CC(=O)OC(C=O)C1CCCCC1. The van der Waals surface area contributed by atoms with Crippen molar-refractivity contribution in [3.05, 3.63) is 0 Å². The van der Waals surface area contributed by atoms with E-state index in [1.54, 1.807) is 0 Å². The van der Waals surface area contributed by atoms with Gasteiger partial charge in [0.05, 0.1) is 0 Å². The van der Waals surface area contributed by atoms with Gasteiger partial charge in [0.1, 0.15) is 0 Å². The van der Waals surface area contributed by atoms with E-state index in [4.69, 9.17) is 4.74 Å². The summed E-state index contributed by atoms with van der Waals surface area (Å²) in [4.78, 5) is 21.3. The average molecular weight is 389 g/mol. The molecule has 1 saturated carbocycles. The number of carbonyl (C=O) groups is 2. The van der Waals surface area contributed by atoms with Gasteiger partial charge in [-0.2, -0.15) is 23.5 Å². The van der Waals surface area contributed by atoms with Crippen molar-refractivity contribution in [3.8, 4) is 0 Å². The summed E-state index contributed by atoms with van der Waals surface area (Å²) in [6.45, 7) is 1.35. The van der Waals surface area contributed by atoms with Crippen molar-refractivity contribution in [2.24, 2.45) is 5.92 Å². The topological polar surface area (TPSA) is 43.4 Å². The van der Waals surface area contributed by atoms with Gasteiger partial charge in [-0.15, -0.1) is 0 Å². The number of aldehydes is 1. The van der Waals surface area contributed by atoms with Crippen LogP contribution in [0.2, 0.25) is 0 Å². The normalized spacial score (nSPS) is 22.3. The monoisotopic (exact) mass is 388 g/mol. The summed E-state index contributed by atoms with van der Waals surface area (Å²) in [5, 5.41) is 0. The fourth-order valence-electron chi connectivity index (χ4n) is 3.26. The maximum Gasteiger partial charge on any atom is 0.303 e. The molecule has 0 aromatic carbocycles. The molecule has 25 heavy (non-hydrogen) atoms. The molecule has 1 atom stereocenters. The average Bonchev–Trinajstić information content (AvgIpc) is 2.70. The third-order valence-electron chi connectivity index (χ3n) is 4.71. The lowest BCUT2D eigenvalue weighted by atomic mass is 9.86. The minimum Gasteiger partial charge on any atom is -0.455 e. The Morgan fingerprint density at radius 1 is 0.840 bits per heavy atom. The Labute approximate surface area is 162 Å². The Balaban J connectivity index is 0.000000214. The van der Waals surface area contributed by atoms with Crippen molar-refractivity contribution in [3.63, 3.8) is 0 Å². The zero-order chi connectivity index (χ0) is 18.2. The summed E-state index contributed by atoms with van der Waals surface area (Å²) in [5.41, 5.74) is 0. The number of ether oxygens (including phenoxy) is 1. The molecule has 3 nitrogen and oxygen atoms in total. The van der Waals surface area contributed by atoms with Crippen LogP contribution in [0.5, 0.6) is 0 Å². The first-order chi connectivity index (χ1) is 12.2. The van der Waals surface area contributed by atoms with E-state index in [0.717, 1.165) is 32.0 Å². The van der Waals surface area contributed by atoms with Gasteiger partial charge in [-0.3, -0.25) is 9.59 Å². The van der Waals surface area contributed by atoms with Gasteiger partial charge in [0, 0.05) is 12.8 Å². The van der Waals surface area contributed by atoms with Crippen molar-refractivity contribution in [1.29, 1.82) is 0 Å². The first-order valence-corrected chi connectivity index (χ1v) is 12.3. The standard InChI is InChI=1S/C10H16O3.2C5H10S/c1-8(12)13-10(7-11)9-5-3-2-4-6-9;2*1-2-4-6-5-3-1/h7,9-10H,2-6H2,1H3;2*1-5H2. The molecule has 0 N–H and O–H groups in total. The minimum atomic E-state index is -0.502. The van der Waals surface area contributed by atoms with Gasteiger partial charge >= 0.3 is 5.97 Å². The predicted octanol–water partition coefficient (Wildman–Crippen LogP) is 5.50. The summed E-state index contributed by atoms with van der Waals surface area (Å²) >= 11 is 4.19. The largest absolute Gasteiger partial charge is 0.455 e. The van der Waals surface area contributed by atoms with E-state index in [1.165, 1.54) is 74.9 Å². The van der Waals surface area contributed by atoms with Gasteiger partial charge in [-0.05, 0) is 61.5 Å². The van der Waals surface area contributed by atoms with Crippen LogP contribution >= 0.6 is 23.5 Å². The highest BCUT2D eigenvalue weighted by Crippen LogP contribution is 2.27. The van der Waals surface area contributed by atoms with Gasteiger partial charge in [0.25, 0.3) is 0 Å². The van der Waals surface area contributed by atoms with Crippen molar-refractivity contribution in [1.82, 2.24) is 0 Å². The quantitative estimate of drug-likeness (QED) is 0.471. The molecule has 0 aromatic rings. The zero-order valence-electron chi connectivity index (χ0n) is 15.9. The molecule has 0 aromatic heterocycles. The van der Waals surface area contributed by atoms with Crippen LogP contribution in [0.1, 0.15) is 77.6 Å². The van der Waals surface area contributed by atoms with Gasteiger partial charge in [0.2, 0.25) is 0 Å². The third kappa shape index (κ3) is 12.8. The fraction of sp³-hybridized carbons (Fsp3) is 0.900. The molecule has 0 amide bonds. The van der Waals surface area contributed by atoms with E-state index in [0.29, 0.717) is 0 Å². The zero-order valence-corrected chi connectivity index (χ0v) is 17.5. The molecule has 0 radical (unpaired) electrons. The van der Waals surface area contributed by atoms with Gasteiger partial charge in [0.15, 0.2) is 12.4 Å². The molecule has 3 rings (SSSR count). The maximum atomic E-state index is 10.7. The van der Waals surface area contributed by atoms with Crippen LogP contribution in [-0.4, -0.2) is 41.4 Å². The van der Waals surface area contributed by atoms with Crippen LogP contribution in [0.25, 0.3) is 0 Å². The summed E-state index contributed by atoms with van der Waals surface area (Å²) in [7, 11) is 0. The second-order valence-electron chi connectivity index (χ2n) is 6.95. The fourth-order valence-corrected chi connectivity index (χ4v) is 5.30. The highest BCUT2D eigenvalue weighted by molar-refractivity contribution is 7.99. The molecule has 2 heterocycles. The minimum absolute atomic E-state index is 0.259. The first-order valence-electron chi connectivity index (χ1n) is 10.0. The molecule has 3 aliphatic rings. The van der Waals surface area contributed by atoms with E-state index in [2.05, 4.69) is 23.5 Å². The molecule has 0 bridgehead atoms. The predicted molar refractivity (Wildman–Crippen MR) is 111 cm³/mol. The molecule has 0 spiro atoms. The lowest BCUT2D eigenvalue weighted by molar-refractivity contribution is -0.153. The lowest BCUT2D eigenvalue weighted by Crippen LogP contribution is -2.29. The highest BCUT2D eigenvalue weighted by atomic mass is 32.2. The molecule has 2 saturated heterocycles. The Hall–Kier alpha value is -0.160. The Bertz CT molecular complexity index is 301. The molecule has 3 fully saturated rings. The number of hydrogen-bond donors (Lipinski definition) is 0. The second-order valence-corrected chi connectivity index (χ2v) is 9.40. The van der Waals surface area contributed by atoms with E-state index >= 15 is 0 Å². The van der Waals surface area contributed by atoms with Crippen LogP contribution in [0.3, 0.4) is 0 Å². The molecule has 146 valence electrons. The molecular formula is C20H36O3S2. The summed E-state index contributed by atoms with van der Waals surface area (Å²) in [6, 6.07) is 0. The first kappa shape index (κ1) is 22.9. The number of carbonyl (C=O) groups excluding carboxylic acids is 2. The third-order valence-corrected chi connectivity index (χ3v) is 7.01. The molecular weight excluding hydrogens is 352 g/mol. The second kappa shape index (κ2) is 16.0. The Kier molecular flexibility index (Phi) is 14.7. The molecule has 2 aliphatic heterocycles. The van der Waals surface area contributed by atoms with Crippen molar-refractivity contribution >= 4 is 35.8 Å². The number of esters is 1. The molecule has 1 unspecified atom stereocenters. The van der Waals surface area contributed by atoms with Crippen LogP contribution in [-0.2, 0) is 14.3 Å². The highest BCUT2D eigenvalue weighted by Gasteiger charge is 2.25. The maximum absolute atomic E-state index is 10.7. The van der Waals surface area contributed by atoms with Crippen molar-refractivity contribution in [2.45, 2.75) is 83.7 Å². The van der Waals surface area contributed by atoms with Crippen LogP contribution < -0.4 is 0 Å². The van der Waals surface area contributed by atoms with Crippen molar-refractivity contribution < 1.29 is 14.3 Å². The molecule has 1 aliphatic carbocycles. The van der Waals surface area contributed by atoms with E-state index in [1.807, 2.05) is 0 Å². The van der Waals surface area contributed by atoms with Gasteiger partial charge in [-0.25, -0.2) is 0 Å². The summed E-state index contributed by atoms with van der Waals surface area (Å²) in [6.07, 6.45) is 14.6. The van der Waals surface area contributed by atoms with Crippen LogP contribution in [0.4, 0.5) is 0 Å².